The molecule has 0 heterocycles. The highest BCUT2D eigenvalue weighted by Gasteiger charge is 2.30. The summed E-state index contributed by atoms with van der Waals surface area (Å²) in [5.74, 6) is 3.81. The van der Waals surface area contributed by atoms with E-state index < -0.39 is 0 Å². The predicted molar refractivity (Wildman–Crippen MR) is 86.8 cm³/mol. The van der Waals surface area contributed by atoms with Gasteiger partial charge in [-0.1, -0.05) is 19.1 Å². The molecule has 0 radical (unpaired) electrons. The molecule has 0 bridgehead atoms. The lowest BCUT2D eigenvalue weighted by Crippen LogP contribution is -2.26. The van der Waals surface area contributed by atoms with Crippen molar-refractivity contribution in [2.45, 2.75) is 71.6 Å². The molecule has 1 nitrogen and oxygen atoms in total. The summed E-state index contributed by atoms with van der Waals surface area (Å²) in [7, 11) is 0. The third-order valence-corrected chi connectivity index (χ3v) is 5.58. The highest BCUT2D eigenvalue weighted by molar-refractivity contribution is 4.91. The van der Waals surface area contributed by atoms with Crippen LogP contribution < -0.4 is 0 Å². The minimum absolute atomic E-state index is 0.857. The quantitative estimate of drug-likeness (QED) is 0.574. The molecule has 0 atom stereocenters. The molecule has 20 heavy (non-hydrogen) atoms. The summed E-state index contributed by atoms with van der Waals surface area (Å²) < 4.78 is 5.60. The van der Waals surface area contributed by atoms with Crippen LogP contribution in [-0.2, 0) is 4.74 Å². The van der Waals surface area contributed by atoms with Gasteiger partial charge in [0.25, 0.3) is 0 Å². The van der Waals surface area contributed by atoms with E-state index in [1.807, 2.05) is 0 Å². The zero-order valence-electron chi connectivity index (χ0n) is 13.7. The minimum Gasteiger partial charge on any atom is -0.381 e. The molecule has 2 saturated carbocycles. The van der Waals surface area contributed by atoms with E-state index in [-0.39, 0.29) is 0 Å². The summed E-state index contributed by atoms with van der Waals surface area (Å²) in [4.78, 5) is 0. The maximum Gasteiger partial charge on any atom is 0.0494 e. The van der Waals surface area contributed by atoms with Gasteiger partial charge in [-0.15, -0.1) is 0 Å². The van der Waals surface area contributed by atoms with E-state index in [1.54, 1.807) is 0 Å². The molecular weight excluding hydrogens is 244 g/mol. The van der Waals surface area contributed by atoms with Crippen molar-refractivity contribution in [1.29, 1.82) is 0 Å². The Morgan fingerprint density at radius 3 is 2.00 bits per heavy atom. The van der Waals surface area contributed by atoms with E-state index in [0.29, 0.717) is 0 Å². The van der Waals surface area contributed by atoms with E-state index in [4.69, 9.17) is 4.74 Å². The Morgan fingerprint density at radius 1 is 0.850 bits per heavy atom. The second-order valence-corrected chi connectivity index (χ2v) is 6.95. The van der Waals surface area contributed by atoms with Crippen LogP contribution in [0.25, 0.3) is 0 Å². The lowest BCUT2D eigenvalue weighted by Gasteiger charge is -2.37. The molecule has 2 fully saturated rings. The number of rotatable bonds is 6. The summed E-state index contributed by atoms with van der Waals surface area (Å²) in [6, 6.07) is 0. The monoisotopic (exact) mass is 278 g/mol. The normalized spacial score (nSPS) is 35.5. The SMILES string of the molecule is CCC=CC1CCC(C2CCC(COCC)CC2)CC1. The van der Waals surface area contributed by atoms with Crippen LogP contribution in [0.15, 0.2) is 12.2 Å². The predicted octanol–water partition coefficient (Wildman–Crippen LogP) is 5.60. The number of ether oxygens (including phenoxy) is 1. The fourth-order valence-corrected chi connectivity index (χ4v) is 4.25. The number of hydrogen-bond acceptors (Lipinski definition) is 1. The van der Waals surface area contributed by atoms with Gasteiger partial charge in [-0.3, -0.25) is 0 Å². The van der Waals surface area contributed by atoms with Crippen molar-refractivity contribution in [3.05, 3.63) is 12.2 Å². The number of hydrogen-bond donors (Lipinski definition) is 0. The van der Waals surface area contributed by atoms with Crippen molar-refractivity contribution in [2.24, 2.45) is 23.7 Å². The molecule has 0 aromatic heterocycles. The first kappa shape index (κ1) is 16.1. The highest BCUT2D eigenvalue weighted by Crippen LogP contribution is 2.41. The second-order valence-electron chi connectivity index (χ2n) is 6.95. The van der Waals surface area contributed by atoms with Gasteiger partial charge in [-0.25, -0.2) is 0 Å². The molecule has 0 aromatic rings. The van der Waals surface area contributed by atoms with Crippen LogP contribution in [0, 0.1) is 23.7 Å². The summed E-state index contributed by atoms with van der Waals surface area (Å²) in [5, 5.41) is 0. The van der Waals surface area contributed by atoms with Crippen LogP contribution in [0.3, 0.4) is 0 Å². The summed E-state index contributed by atoms with van der Waals surface area (Å²) in [6.45, 7) is 6.24. The molecule has 0 unspecified atom stereocenters. The average molecular weight is 278 g/mol. The third-order valence-electron chi connectivity index (χ3n) is 5.58. The van der Waals surface area contributed by atoms with Gasteiger partial charge in [0.1, 0.15) is 0 Å². The van der Waals surface area contributed by atoms with Crippen molar-refractivity contribution < 1.29 is 4.74 Å². The molecule has 2 aliphatic carbocycles. The fourth-order valence-electron chi connectivity index (χ4n) is 4.25. The minimum atomic E-state index is 0.857. The molecule has 1 heteroatoms. The van der Waals surface area contributed by atoms with Crippen molar-refractivity contribution in [3.8, 4) is 0 Å². The van der Waals surface area contributed by atoms with Crippen LogP contribution in [0.5, 0.6) is 0 Å². The molecule has 0 amide bonds. The molecule has 2 rings (SSSR count). The highest BCUT2D eigenvalue weighted by atomic mass is 16.5. The van der Waals surface area contributed by atoms with Crippen LogP contribution in [0.2, 0.25) is 0 Å². The Morgan fingerprint density at radius 2 is 1.45 bits per heavy atom. The molecular formula is C19H34O. The van der Waals surface area contributed by atoms with Crippen LogP contribution in [-0.4, -0.2) is 13.2 Å². The van der Waals surface area contributed by atoms with E-state index in [2.05, 4.69) is 26.0 Å². The summed E-state index contributed by atoms with van der Waals surface area (Å²) >= 11 is 0. The van der Waals surface area contributed by atoms with E-state index in [1.165, 1.54) is 57.8 Å². The maximum absolute atomic E-state index is 5.60. The van der Waals surface area contributed by atoms with Gasteiger partial charge in [-0.05, 0) is 88.4 Å². The largest absolute Gasteiger partial charge is 0.381 e. The average Bonchev–Trinajstić information content (AvgIpc) is 2.52. The smallest absolute Gasteiger partial charge is 0.0494 e. The molecule has 0 aromatic carbocycles. The first-order valence-electron chi connectivity index (χ1n) is 9.07. The fraction of sp³-hybridized carbons (Fsp3) is 0.895. The van der Waals surface area contributed by atoms with Crippen molar-refractivity contribution in [2.75, 3.05) is 13.2 Å². The van der Waals surface area contributed by atoms with Gasteiger partial charge in [0.05, 0.1) is 0 Å². The topological polar surface area (TPSA) is 9.23 Å². The molecule has 0 spiro atoms. The lowest BCUT2D eigenvalue weighted by atomic mass is 9.69. The number of allylic oxidation sites excluding steroid dienone is 2. The Hall–Kier alpha value is -0.300. The molecule has 116 valence electrons. The van der Waals surface area contributed by atoms with Crippen molar-refractivity contribution in [1.82, 2.24) is 0 Å². The first-order chi connectivity index (χ1) is 9.83. The lowest BCUT2D eigenvalue weighted by molar-refractivity contribution is 0.0727. The molecule has 0 saturated heterocycles. The van der Waals surface area contributed by atoms with E-state index >= 15 is 0 Å². The standard InChI is InChI=1S/C19H34O/c1-3-5-6-16-7-11-18(12-8-16)19-13-9-17(10-14-19)15-20-4-2/h5-6,16-19H,3-4,7-15H2,1-2H3. The first-order valence-corrected chi connectivity index (χ1v) is 9.07. The zero-order chi connectivity index (χ0) is 14.2. The Balaban J connectivity index is 1.66. The van der Waals surface area contributed by atoms with Gasteiger partial charge in [0, 0.05) is 13.2 Å². The van der Waals surface area contributed by atoms with E-state index in [9.17, 15) is 0 Å². The van der Waals surface area contributed by atoms with Gasteiger partial charge >= 0.3 is 0 Å². The van der Waals surface area contributed by atoms with Gasteiger partial charge < -0.3 is 4.74 Å². The van der Waals surface area contributed by atoms with E-state index in [0.717, 1.165) is 36.9 Å². The second kappa shape index (κ2) is 8.87. The van der Waals surface area contributed by atoms with Crippen molar-refractivity contribution in [3.63, 3.8) is 0 Å². The van der Waals surface area contributed by atoms with Gasteiger partial charge in [0.2, 0.25) is 0 Å². The van der Waals surface area contributed by atoms with Gasteiger partial charge in [0.15, 0.2) is 0 Å². The van der Waals surface area contributed by atoms with Crippen LogP contribution in [0.1, 0.15) is 71.6 Å². The Labute approximate surface area is 126 Å². The molecule has 2 aliphatic rings. The van der Waals surface area contributed by atoms with Crippen LogP contribution in [0.4, 0.5) is 0 Å². The van der Waals surface area contributed by atoms with Crippen molar-refractivity contribution >= 4 is 0 Å². The van der Waals surface area contributed by atoms with Gasteiger partial charge in [-0.2, -0.15) is 0 Å². The molecule has 0 N–H and O–H groups in total. The summed E-state index contributed by atoms with van der Waals surface area (Å²) in [5.41, 5.74) is 0. The maximum atomic E-state index is 5.60. The Bertz CT molecular complexity index is 267. The third kappa shape index (κ3) is 4.91. The molecule has 0 aliphatic heterocycles. The summed E-state index contributed by atoms with van der Waals surface area (Å²) in [6.07, 6.45) is 17.7. The zero-order valence-corrected chi connectivity index (χ0v) is 13.7. The Kier molecular flexibility index (Phi) is 7.13. The van der Waals surface area contributed by atoms with Crippen LogP contribution >= 0.6 is 0 Å².